The fraction of sp³-hybridized carbons (Fsp3) is 0.133. The van der Waals surface area contributed by atoms with E-state index in [1.54, 1.807) is 0 Å². The number of thioether (sulfide) groups is 1. The molecule has 0 saturated heterocycles. The quantitative estimate of drug-likeness (QED) is 0.850. The van der Waals surface area contributed by atoms with Crippen LogP contribution in [0.5, 0.6) is 0 Å². The Morgan fingerprint density at radius 1 is 1.05 bits per heavy atom. The van der Waals surface area contributed by atoms with Gasteiger partial charge in [-0.25, -0.2) is 0 Å². The average molecular weight is 292 g/mol. The Labute approximate surface area is 122 Å². The van der Waals surface area contributed by atoms with Gasteiger partial charge in [-0.2, -0.15) is 0 Å². The summed E-state index contributed by atoms with van der Waals surface area (Å²) >= 11 is 7.31. The van der Waals surface area contributed by atoms with E-state index in [0.717, 1.165) is 10.5 Å². The molecule has 0 aliphatic carbocycles. The Morgan fingerprint density at radius 3 is 2.42 bits per heavy atom. The average Bonchev–Trinajstić information content (AvgIpc) is 2.45. The Morgan fingerprint density at radius 2 is 1.74 bits per heavy atom. The van der Waals surface area contributed by atoms with Crippen LogP contribution in [-0.2, 0) is 11.3 Å². The summed E-state index contributed by atoms with van der Waals surface area (Å²) in [5, 5.41) is 3.60. The molecule has 0 aliphatic heterocycles. The molecule has 2 aromatic rings. The van der Waals surface area contributed by atoms with Gasteiger partial charge in [0.1, 0.15) is 0 Å². The molecule has 0 saturated carbocycles. The van der Waals surface area contributed by atoms with Crippen molar-refractivity contribution in [3.63, 3.8) is 0 Å². The number of nitrogens with one attached hydrogen (secondary N) is 1. The molecule has 0 aliphatic rings. The lowest BCUT2D eigenvalue weighted by molar-refractivity contribution is -0.118. The summed E-state index contributed by atoms with van der Waals surface area (Å²) in [5.41, 5.74) is 1.10. The summed E-state index contributed by atoms with van der Waals surface area (Å²) in [6.45, 7) is 0.570. The third-order valence-corrected chi connectivity index (χ3v) is 3.78. The van der Waals surface area contributed by atoms with Crippen molar-refractivity contribution in [3.05, 3.63) is 65.2 Å². The van der Waals surface area contributed by atoms with E-state index in [1.165, 1.54) is 11.8 Å². The summed E-state index contributed by atoms with van der Waals surface area (Å²) in [7, 11) is 0. The van der Waals surface area contributed by atoms with Gasteiger partial charge in [0.15, 0.2) is 0 Å². The zero-order valence-corrected chi connectivity index (χ0v) is 11.9. The zero-order valence-electron chi connectivity index (χ0n) is 10.3. The van der Waals surface area contributed by atoms with Crippen LogP contribution in [0.2, 0.25) is 5.02 Å². The highest BCUT2D eigenvalue weighted by atomic mass is 35.5. The van der Waals surface area contributed by atoms with Crippen molar-refractivity contribution in [3.8, 4) is 0 Å². The minimum Gasteiger partial charge on any atom is -0.351 e. The van der Waals surface area contributed by atoms with Crippen molar-refractivity contribution in [1.82, 2.24) is 5.32 Å². The third-order valence-electron chi connectivity index (χ3n) is 2.52. The molecule has 0 atom stereocenters. The molecule has 2 nitrogen and oxygen atoms in total. The van der Waals surface area contributed by atoms with E-state index in [4.69, 9.17) is 11.6 Å². The first kappa shape index (κ1) is 14.0. The van der Waals surface area contributed by atoms with E-state index < -0.39 is 0 Å². The van der Waals surface area contributed by atoms with Crippen LogP contribution < -0.4 is 5.32 Å². The predicted octanol–water partition coefficient (Wildman–Crippen LogP) is 3.75. The molecule has 0 heterocycles. The van der Waals surface area contributed by atoms with Crippen LogP contribution in [0.4, 0.5) is 0 Å². The van der Waals surface area contributed by atoms with Gasteiger partial charge in [-0.15, -0.1) is 11.8 Å². The molecule has 0 fully saturated rings. The molecule has 0 bridgehead atoms. The topological polar surface area (TPSA) is 29.1 Å². The monoisotopic (exact) mass is 291 g/mol. The number of rotatable bonds is 5. The van der Waals surface area contributed by atoms with Crippen molar-refractivity contribution >= 4 is 29.3 Å². The van der Waals surface area contributed by atoms with E-state index in [-0.39, 0.29) is 5.91 Å². The minimum absolute atomic E-state index is 0.0313. The molecule has 98 valence electrons. The van der Waals surface area contributed by atoms with E-state index in [1.807, 2.05) is 54.6 Å². The van der Waals surface area contributed by atoms with Crippen LogP contribution >= 0.6 is 23.4 Å². The van der Waals surface area contributed by atoms with Crippen LogP contribution in [0.25, 0.3) is 0 Å². The van der Waals surface area contributed by atoms with Gasteiger partial charge < -0.3 is 5.32 Å². The van der Waals surface area contributed by atoms with Crippen molar-refractivity contribution in [2.45, 2.75) is 11.4 Å². The summed E-state index contributed by atoms with van der Waals surface area (Å²) in [6.07, 6.45) is 0. The van der Waals surface area contributed by atoms with E-state index in [9.17, 15) is 4.79 Å². The maximum Gasteiger partial charge on any atom is 0.230 e. The first-order valence-electron chi connectivity index (χ1n) is 5.93. The smallest absolute Gasteiger partial charge is 0.230 e. The van der Waals surface area contributed by atoms with Gasteiger partial charge in [0.2, 0.25) is 5.91 Å². The first-order valence-corrected chi connectivity index (χ1v) is 7.29. The second-order valence-electron chi connectivity index (χ2n) is 4.00. The first-order chi connectivity index (χ1) is 9.24. The predicted molar refractivity (Wildman–Crippen MR) is 80.5 cm³/mol. The molecular weight excluding hydrogens is 278 g/mol. The fourth-order valence-corrected chi connectivity index (χ4v) is 2.38. The molecule has 0 spiro atoms. The summed E-state index contributed by atoms with van der Waals surface area (Å²) in [4.78, 5) is 12.7. The van der Waals surface area contributed by atoms with Crippen molar-refractivity contribution < 1.29 is 4.79 Å². The summed E-state index contributed by atoms with van der Waals surface area (Å²) < 4.78 is 0. The zero-order chi connectivity index (χ0) is 13.5. The number of benzene rings is 2. The standard InChI is InChI=1S/C15H14ClNOS/c16-13-6-8-14(9-7-13)19-11-15(18)17-10-12-4-2-1-3-5-12/h1-9H,10-11H2,(H,17,18). The summed E-state index contributed by atoms with van der Waals surface area (Å²) in [6, 6.07) is 17.3. The van der Waals surface area contributed by atoms with Crippen molar-refractivity contribution in [1.29, 1.82) is 0 Å². The molecular formula is C15H14ClNOS. The Bertz CT molecular complexity index is 528. The molecule has 0 radical (unpaired) electrons. The minimum atomic E-state index is 0.0313. The maximum absolute atomic E-state index is 11.7. The van der Waals surface area contributed by atoms with Crippen molar-refractivity contribution in [2.75, 3.05) is 5.75 Å². The highest BCUT2D eigenvalue weighted by Gasteiger charge is 2.02. The number of carbonyl (C=O) groups is 1. The Balaban J connectivity index is 1.74. The molecule has 2 rings (SSSR count). The van der Waals surface area contributed by atoms with E-state index in [2.05, 4.69) is 5.32 Å². The summed E-state index contributed by atoms with van der Waals surface area (Å²) in [5.74, 6) is 0.442. The van der Waals surface area contributed by atoms with Gasteiger partial charge in [0, 0.05) is 16.5 Å². The molecule has 4 heteroatoms. The number of hydrogen-bond donors (Lipinski definition) is 1. The van der Waals surface area contributed by atoms with Gasteiger partial charge >= 0.3 is 0 Å². The van der Waals surface area contributed by atoms with Gasteiger partial charge in [0.25, 0.3) is 0 Å². The number of carbonyl (C=O) groups excluding carboxylic acids is 1. The fourth-order valence-electron chi connectivity index (χ4n) is 1.53. The van der Waals surface area contributed by atoms with Gasteiger partial charge in [-0.1, -0.05) is 41.9 Å². The van der Waals surface area contributed by atoms with Crippen LogP contribution in [0.3, 0.4) is 0 Å². The van der Waals surface area contributed by atoms with Crippen molar-refractivity contribution in [2.24, 2.45) is 0 Å². The lowest BCUT2D eigenvalue weighted by atomic mass is 10.2. The molecule has 1 amide bonds. The van der Waals surface area contributed by atoms with Gasteiger partial charge in [0.05, 0.1) is 5.75 Å². The Hall–Kier alpha value is -1.45. The third kappa shape index (κ3) is 4.97. The Kier molecular flexibility index (Phi) is 5.31. The van der Waals surface area contributed by atoms with Crippen LogP contribution in [0.15, 0.2) is 59.5 Å². The molecule has 1 N–H and O–H groups in total. The van der Waals surface area contributed by atoms with Gasteiger partial charge in [-0.3, -0.25) is 4.79 Å². The van der Waals surface area contributed by atoms with E-state index >= 15 is 0 Å². The molecule has 0 unspecified atom stereocenters. The van der Waals surface area contributed by atoms with Crippen LogP contribution in [-0.4, -0.2) is 11.7 Å². The maximum atomic E-state index is 11.7. The largest absolute Gasteiger partial charge is 0.351 e. The number of halogens is 1. The highest BCUT2D eigenvalue weighted by Crippen LogP contribution is 2.19. The highest BCUT2D eigenvalue weighted by molar-refractivity contribution is 8.00. The normalized spacial score (nSPS) is 10.2. The van der Waals surface area contributed by atoms with E-state index in [0.29, 0.717) is 17.3 Å². The molecule has 2 aromatic carbocycles. The SMILES string of the molecule is O=C(CSc1ccc(Cl)cc1)NCc1ccccc1. The molecule has 0 aromatic heterocycles. The van der Waals surface area contributed by atoms with Crippen LogP contribution in [0, 0.1) is 0 Å². The lowest BCUT2D eigenvalue weighted by Crippen LogP contribution is -2.24. The molecule has 19 heavy (non-hydrogen) atoms. The van der Waals surface area contributed by atoms with Gasteiger partial charge in [-0.05, 0) is 29.8 Å². The second kappa shape index (κ2) is 7.22. The lowest BCUT2D eigenvalue weighted by Gasteiger charge is -2.05. The number of amides is 1. The second-order valence-corrected chi connectivity index (χ2v) is 5.49. The number of hydrogen-bond acceptors (Lipinski definition) is 2. The van der Waals surface area contributed by atoms with Crippen LogP contribution in [0.1, 0.15) is 5.56 Å².